The number of hydrogen-bond donors (Lipinski definition) is 6. The fourth-order valence-corrected chi connectivity index (χ4v) is 4.60. The highest BCUT2D eigenvalue weighted by Crippen LogP contribution is 2.36. The lowest BCUT2D eigenvalue weighted by atomic mass is 10.1. The van der Waals surface area contributed by atoms with Gasteiger partial charge in [-0.25, -0.2) is 9.37 Å². The fraction of sp³-hybridized carbons (Fsp3) is 0.118. The van der Waals surface area contributed by atoms with Gasteiger partial charge in [-0.2, -0.15) is 18.2 Å². The van der Waals surface area contributed by atoms with Crippen LogP contribution in [0, 0.1) is 5.82 Å². The van der Waals surface area contributed by atoms with Crippen LogP contribution in [-0.2, 0) is 11.0 Å². The molecule has 0 radical (unpaired) electrons. The van der Waals surface area contributed by atoms with Gasteiger partial charge in [0.2, 0.25) is 11.9 Å². The van der Waals surface area contributed by atoms with E-state index in [0.717, 1.165) is 0 Å². The summed E-state index contributed by atoms with van der Waals surface area (Å²) in [6, 6.07) is 17.9. The third kappa shape index (κ3) is 8.46. The molecule has 6 N–H and O–H groups in total. The number of hydrogen-bond acceptors (Lipinski definition) is 10. The summed E-state index contributed by atoms with van der Waals surface area (Å²) < 4.78 is 54.7. The Kier molecular flexibility index (Phi) is 10.5. The summed E-state index contributed by atoms with van der Waals surface area (Å²) >= 11 is 0. The Morgan fingerprint density at radius 2 is 1.54 bits per heavy atom. The molecule has 0 unspecified atom stereocenters. The number of carbonyl (C=O) groups excluding carboxylic acids is 2. The van der Waals surface area contributed by atoms with Gasteiger partial charge < -0.3 is 31.9 Å². The molecule has 0 atom stereocenters. The molecule has 1 heterocycles. The topological polar surface area (TPSA) is 166 Å². The van der Waals surface area contributed by atoms with E-state index < -0.39 is 46.0 Å². The van der Waals surface area contributed by atoms with E-state index in [1.807, 2.05) is 0 Å². The summed E-state index contributed by atoms with van der Waals surface area (Å²) in [4.78, 5) is 56.5. The smallest absolute Gasteiger partial charge is 0.378 e. The second-order valence-electron chi connectivity index (χ2n) is 10.5. The van der Waals surface area contributed by atoms with Crippen molar-refractivity contribution in [2.24, 2.45) is 0 Å². The Balaban J connectivity index is 1.20. The Morgan fingerprint density at radius 1 is 0.840 bits per heavy atom. The number of amides is 2. The number of halogens is 4. The maximum absolute atomic E-state index is 13.8. The zero-order valence-corrected chi connectivity index (χ0v) is 26.1. The van der Waals surface area contributed by atoms with Crippen LogP contribution < -0.4 is 42.8 Å². The number of alkyl halides is 3. The lowest BCUT2D eigenvalue weighted by molar-refractivity contribution is -0.137. The molecule has 0 saturated heterocycles. The SMILES string of the molecule is CNC(=O)c1ccccc1Nc1nc(Nc2ccc(Nc3c(NCCNC(=O)/C=C/c4cccc(F)c4)c(=O)c3=O)cc2)ncc1C(F)(F)F. The number of rotatable bonds is 13. The molecule has 0 aliphatic carbocycles. The molecule has 0 saturated carbocycles. The molecule has 4 aromatic carbocycles. The zero-order valence-electron chi connectivity index (χ0n) is 26.1. The normalized spacial score (nSPS) is 11.3. The maximum Gasteiger partial charge on any atom is 0.421 e. The molecular weight excluding hydrogens is 660 g/mol. The Hall–Kier alpha value is -6.58. The largest absolute Gasteiger partial charge is 0.421 e. The molecule has 16 heteroatoms. The number of anilines is 7. The van der Waals surface area contributed by atoms with Gasteiger partial charge in [-0.05, 0) is 60.2 Å². The number of carbonyl (C=O) groups is 2. The lowest BCUT2D eigenvalue weighted by Gasteiger charge is -2.17. The fourth-order valence-electron chi connectivity index (χ4n) is 4.60. The molecule has 2 amide bonds. The predicted octanol–water partition coefficient (Wildman–Crippen LogP) is 5.06. The third-order valence-corrected chi connectivity index (χ3v) is 7.07. The van der Waals surface area contributed by atoms with E-state index in [9.17, 15) is 36.7 Å². The molecular formula is C34H28F4N8O4. The van der Waals surface area contributed by atoms with E-state index >= 15 is 0 Å². The van der Waals surface area contributed by atoms with E-state index in [0.29, 0.717) is 23.1 Å². The zero-order chi connectivity index (χ0) is 35.8. The monoisotopic (exact) mass is 688 g/mol. The van der Waals surface area contributed by atoms with Crippen molar-refractivity contribution in [2.75, 3.05) is 41.4 Å². The van der Waals surface area contributed by atoms with Crippen LogP contribution in [0.25, 0.3) is 6.08 Å². The molecule has 256 valence electrons. The highest BCUT2D eigenvalue weighted by Gasteiger charge is 2.35. The first kappa shape index (κ1) is 34.7. The van der Waals surface area contributed by atoms with Crippen molar-refractivity contribution in [3.8, 4) is 0 Å². The average molecular weight is 689 g/mol. The summed E-state index contributed by atoms with van der Waals surface area (Å²) in [6.07, 6.45) is -1.49. The minimum absolute atomic E-state index is 0.0202. The van der Waals surface area contributed by atoms with Crippen molar-refractivity contribution in [2.45, 2.75) is 6.18 Å². The first-order valence-corrected chi connectivity index (χ1v) is 14.9. The second kappa shape index (κ2) is 15.1. The van der Waals surface area contributed by atoms with E-state index in [-0.39, 0.29) is 41.7 Å². The van der Waals surface area contributed by atoms with Crippen molar-refractivity contribution in [3.63, 3.8) is 0 Å². The minimum atomic E-state index is -4.80. The maximum atomic E-state index is 13.8. The summed E-state index contributed by atoms with van der Waals surface area (Å²) in [6.45, 7) is 0.248. The standard InChI is InChI=1S/C34H28F4N8O4/c1-39-32(50)23-7-2-3-8-25(23)45-31-24(34(36,37)38)18-42-33(46-31)44-22-12-10-21(11-13-22)43-28-27(29(48)30(28)49)41-16-15-40-26(47)14-9-19-5-4-6-20(35)17-19/h2-14,17-18,41,43H,15-16H2,1H3,(H,39,50)(H,40,47)(H2,42,44,45,46)/b14-9+. The van der Waals surface area contributed by atoms with Gasteiger partial charge >= 0.3 is 6.18 Å². The van der Waals surface area contributed by atoms with Gasteiger partial charge in [0.15, 0.2) is 0 Å². The molecule has 0 bridgehead atoms. The van der Waals surface area contributed by atoms with Crippen LogP contribution in [0.2, 0.25) is 0 Å². The van der Waals surface area contributed by atoms with Crippen LogP contribution in [0.4, 0.5) is 57.8 Å². The molecule has 0 aliphatic heterocycles. The number of para-hydroxylation sites is 1. The van der Waals surface area contributed by atoms with Gasteiger partial charge in [-0.3, -0.25) is 19.2 Å². The van der Waals surface area contributed by atoms with E-state index in [1.165, 1.54) is 49.5 Å². The number of nitrogens with zero attached hydrogens (tertiary/aromatic N) is 2. The van der Waals surface area contributed by atoms with Crippen molar-refractivity contribution in [3.05, 3.63) is 128 Å². The molecule has 0 aliphatic rings. The number of aromatic nitrogens is 2. The first-order chi connectivity index (χ1) is 23.9. The van der Waals surface area contributed by atoms with Crippen molar-refractivity contribution >= 4 is 58.1 Å². The second-order valence-corrected chi connectivity index (χ2v) is 10.5. The molecule has 1 aromatic heterocycles. The van der Waals surface area contributed by atoms with Crippen LogP contribution in [-0.4, -0.2) is 41.9 Å². The molecule has 5 aromatic rings. The Bertz CT molecular complexity index is 2130. The minimum Gasteiger partial charge on any atom is -0.378 e. The van der Waals surface area contributed by atoms with Gasteiger partial charge in [-0.15, -0.1) is 0 Å². The van der Waals surface area contributed by atoms with Crippen molar-refractivity contribution in [1.82, 2.24) is 20.6 Å². The summed E-state index contributed by atoms with van der Waals surface area (Å²) in [5.74, 6) is -2.13. The van der Waals surface area contributed by atoms with Gasteiger partial charge in [0, 0.05) is 43.8 Å². The molecule has 0 spiro atoms. The summed E-state index contributed by atoms with van der Waals surface area (Å²) in [7, 11) is 1.40. The molecule has 5 rings (SSSR count). The number of nitrogens with one attached hydrogen (secondary N) is 6. The van der Waals surface area contributed by atoms with Crippen molar-refractivity contribution in [1.29, 1.82) is 0 Å². The average Bonchev–Trinajstić information content (AvgIpc) is 3.10. The van der Waals surface area contributed by atoms with Gasteiger partial charge in [0.25, 0.3) is 16.8 Å². The third-order valence-electron chi connectivity index (χ3n) is 7.07. The summed E-state index contributed by atoms with van der Waals surface area (Å²) in [5, 5.41) is 16.1. The Labute approximate surface area is 281 Å². The molecule has 0 fully saturated rings. The van der Waals surface area contributed by atoms with Crippen LogP contribution in [0.15, 0.2) is 94.7 Å². The Morgan fingerprint density at radius 3 is 2.24 bits per heavy atom. The summed E-state index contributed by atoms with van der Waals surface area (Å²) in [5.41, 5.74) is -1.03. The molecule has 50 heavy (non-hydrogen) atoms. The van der Waals surface area contributed by atoms with Gasteiger partial charge in [0.05, 0.1) is 11.3 Å². The van der Waals surface area contributed by atoms with Gasteiger partial charge in [-0.1, -0.05) is 24.3 Å². The first-order valence-electron chi connectivity index (χ1n) is 14.9. The van der Waals surface area contributed by atoms with Crippen LogP contribution in [0.1, 0.15) is 21.5 Å². The highest BCUT2D eigenvalue weighted by molar-refractivity contribution is 6.00. The van der Waals surface area contributed by atoms with Crippen LogP contribution >= 0.6 is 0 Å². The van der Waals surface area contributed by atoms with E-state index in [1.54, 1.807) is 42.5 Å². The highest BCUT2D eigenvalue weighted by atomic mass is 19.4. The number of benzene rings is 3. The quantitative estimate of drug-likeness (QED) is 0.0426. The van der Waals surface area contributed by atoms with Gasteiger partial charge in [0.1, 0.15) is 28.6 Å². The van der Waals surface area contributed by atoms with Crippen LogP contribution in [0.3, 0.4) is 0 Å². The van der Waals surface area contributed by atoms with Crippen molar-refractivity contribution < 1.29 is 27.2 Å². The molecule has 12 nitrogen and oxygen atoms in total. The van der Waals surface area contributed by atoms with E-state index in [2.05, 4.69) is 41.9 Å². The predicted molar refractivity (Wildman–Crippen MR) is 181 cm³/mol. The van der Waals surface area contributed by atoms with E-state index in [4.69, 9.17) is 0 Å². The lowest BCUT2D eigenvalue weighted by Crippen LogP contribution is -2.38. The van der Waals surface area contributed by atoms with Crippen LogP contribution in [0.5, 0.6) is 0 Å².